The van der Waals surface area contributed by atoms with Gasteiger partial charge in [0, 0.05) is 122 Å². The van der Waals surface area contributed by atoms with Gasteiger partial charge in [0.1, 0.15) is 34.5 Å². The molecule has 75 heavy (non-hydrogen) atoms. The number of carboxylic acids is 1. The van der Waals surface area contributed by atoms with Crippen molar-refractivity contribution >= 4 is 35.7 Å². The number of piperazine rings is 2. The topological polar surface area (TPSA) is 185 Å². The minimum Gasteiger partial charge on any atom is -0.481 e. The molecule has 8 rings (SSSR count). The average Bonchev–Trinajstić information content (AvgIpc) is 3.29. The van der Waals surface area contributed by atoms with Gasteiger partial charge in [-0.15, -0.1) is 0 Å². The number of carbonyl (C=O) groups is 4. The smallest absolute Gasteiger partial charge is 0.407 e. The van der Waals surface area contributed by atoms with Crippen molar-refractivity contribution in [2.45, 2.75) is 117 Å². The fourth-order valence-electron chi connectivity index (χ4n) is 8.84. The van der Waals surface area contributed by atoms with Crippen molar-refractivity contribution in [3.8, 4) is 0 Å². The highest BCUT2D eigenvalue weighted by molar-refractivity contribution is 5.79. The molecule has 2 aromatic heterocycles. The zero-order chi connectivity index (χ0) is 52.5. The second-order valence-corrected chi connectivity index (χ2v) is 20.8. The lowest BCUT2D eigenvalue weighted by Gasteiger charge is -2.48. The molecular formula is C56H82F2N10O7. The predicted octanol–water partition coefficient (Wildman–Crippen LogP) is 7.26. The van der Waals surface area contributed by atoms with Gasteiger partial charge in [0.25, 0.3) is 0 Å². The van der Waals surface area contributed by atoms with Crippen LogP contribution in [0.4, 0.5) is 30.0 Å². The van der Waals surface area contributed by atoms with Crippen LogP contribution in [0.25, 0.3) is 0 Å². The molecule has 4 aliphatic heterocycles. The minimum atomic E-state index is -1.08. The van der Waals surface area contributed by atoms with Crippen LogP contribution in [0.15, 0.2) is 97.3 Å². The number of alkyl carbamates (subject to hydrolysis) is 2. The highest BCUT2D eigenvalue weighted by Gasteiger charge is 2.37. The van der Waals surface area contributed by atoms with Gasteiger partial charge in [0.2, 0.25) is 5.91 Å². The van der Waals surface area contributed by atoms with Gasteiger partial charge in [0.05, 0.1) is 6.42 Å². The molecule has 19 heteroatoms. The van der Waals surface area contributed by atoms with Gasteiger partial charge in [-0.25, -0.2) is 28.3 Å². The Bertz CT molecular complexity index is 2370. The van der Waals surface area contributed by atoms with E-state index in [-0.39, 0.29) is 52.3 Å². The van der Waals surface area contributed by atoms with Crippen molar-refractivity contribution in [3.05, 3.63) is 120 Å². The first-order chi connectivity index (χ1) is 34.8. The Morgan fingerprint density at radius 2 is 1.01 bits per heavy atom. The molecule has 4 N–H and O–H groups in total. The Morgan fingerprint density at radius 1 is 0.613 bits per heavy atom. The number of rotatable bonds is 14. The van der Waals surface area contributed by atoms with E-state index in [0.29, 0.717) is 30.3 Å². The van der Waals surface area contributed by atoms with E-state index in [9.17, 15) is 28.0 Å². The van der Waals surface area contributed by atoms with Gasteiger partial charge in [-0.1, -0.05) is 63.4 Å². The molecule has 0 bridgehead atoms. The third-order valence-electron chi connectivity index (χ3n) is 12.7. The molecule has 0 radical (unpaired) electrons. The maximum absolute atomic E-state index is 14.3. The lowest BCUT2D eigenvalue weighted by molar-refractivity contribution is -0.139. The summed E-state index contributed by atoms with van der Waals surface area (Å²) in [5.74, 6) is 0.215. The zero-order valence-corrected chi connectivity index (χ0v) is 43.1. The van der Waals surface area contributed by atoms with Crippen molar-refractivity contribution in [1.29, 1.82) is 0 Å². The fraction of sp³-hybridized carbons (Fsp3) is 0.536. The van der Waals surface area contributed by atoms with E-state index in [1.807, 2.05) is 41.6 Å². The first-order valence-corrected chi connectivity index (χ1v) is 25.2. The first-order valence-electron chi connectivity index (χ1n) is 25.2. The van der Waals surface area contributed by atoms with Crippen molar-refractivity contribution < 1.29 is 42.5 Å². The molecule has 4 saturated heterocycles. The van der Waals surface area contributed by atoms with Crippen LogP contribution < -0.4 is 25.8 Å². The summed E-state index contributed by atoms with van der Waals surface area (Å²) in [6, 6.07) is 24.4. The number of anilines is 2. The van der Waals surface area contributed by atoms with Gasteiger partial charge >= 0.3 is 18.2 Å². The summed E-state index contributed by atoms with van der Waals surface area (Å²) in [6.45, 7) is 22.3. The first kappa shape index (κ1) is 61.1. The molecule has 2 atom stereocenters. The van der Waals surface area contributed by atoms with Crippen molar-refractivity contribution in [2.24, 2.45) is 0 Å². The Labute approximate surface area is 443 Å². The number of benzene rings is 2. The molecule has 2 aromatic carbocycles. The second kappa shape index (κ2) is 29.0. The Hall–Kier alpha value is -6.44. The molecular weight excluding hydrogens is 963 g/mol. The number of nitrogens with one attached hydrogen (secondary N) is 3. The number of aliphatic carboxylic acids is 1. The maximum Gasteiger partial charge on any atom is 0.407 e. The lowest BCUT2D eigenvalue weighted by Crippen LogP contribution is -2.64. The summed E-state index contributed by atoms with van der Waals surface area (Å²) in [4.78, 5) is 68.4. The van der Waals surface area contributed by atoms with Gasteiger partial charge in [-0.05, 0) is 102 Å². The van der Waals surface area contributed by atoms with Crippen LogP contribution in [0.3, 0.4) is 0 Å². The average molecular weight is 1050 g/mol. The molecule has 4 fully saturated rings. The van der Waals surface area contributed by atoms with Crippen LogP contribution >= 0.6 is 0 Å². The highest BCUT2D eigenvalue weighted by Crippen LogP contribution is 2.22. The van der Waals surface area contributed by atoms with Crippen LogP contribution in [0.2, 0.25) is 0 Å². The van der Waals surface area contributed by atoms with E-state index >= 15 is 0 Å². The van der Waals surface area contributed by atoms with E-state index in [0.717, 1.165) is 56.9 Å². The summed E-state index contributed by atoms with van der Waals surface area (Å²) in [5.41, 5.74) is -0.545. The summed E-state index contributed by atoms with van der Waals surface area (Å²) in [6.07, 6.45) is 2.43. The van der Waals surface area contributed by atoms with E-state index < -0.39 is 47.3 Å². The van der Waals surface area contributed by atoms with E-state index in [1.165, 1.54) is 38.3 Å². The fourth-order valence-corrected chi connectivity index (χ4v) is 8.84. The molecule has 0 aliphatic carbocycles. The SMILES string of the molecule is C.C.CC(C)(C)OC(=O)N[C@@H](CC(=O)N1CC(N2CCN(c3ccccn3)CC2)C1)Cc1ccccc1F.CC(C)(C)OC(=O)N[C@@H](CC(=O)O)Cc1ccccc1F.c1ccc(N2CCN(C3CNC3)CC2)nc1. The van der Waals surface area contributed by atoms with Crippen molar-refractivity contribution in [1.82, 2.24) is 40.6 Å². The monoisotopic (exact) mass is 1040 g/mol. The Balaban J connectivity index is 0.000000264. The number of aromatic nitrogens is 2. The summed E-state index contributed by atoms with van der Waals surface area (Å²) < 4.78 is 38.3. The number of likely N-dealkylation sites (tertiary alicyclic amines) is 1. The molecule has 0 unspecified atom stereocenters. The molecule has 4 aliphatic rings. The van der Waals surface area contributed by atoms with E-state index in [4.69, 9.17) is 14.6 Å². The second-order valence-electron chi connectivity index (χ2n) is 20.8. The van der Waals surface area contributed by atoms with Crippen LogP contribution in [0, 0.1) is 11.6 Å². The maximum atomic E-state index is 14.3. The van der Waals surface area contributed by atoms with Gasteiger partial charge in [-0.2, -0.15) is 0 Å². The molecule has 4 aromatic rings. The third-order valence-corrected chi connectivity index (χ3v) is 12.7. The van der Waals surface area contributed by atoms with Crippen molar-refractivity contribution in [2.75, 3.05) is 88.3 Å². The standard InChI is InChI=1S/C27H36FN5O3.C15H20FNO4.C12H18N4.2CH4/c1-27(2,3)36-26(35)30-21(16-20-8-4-5-9-23(20)28)17-25(34)33-18-22(19-33)31-12-14-32(15-13-31)24-10-6-7-11-29-24;1-15(2,3)21-14(20)17-11(9-13(18)19)8-10-6-4-5-7-12(10)16;1-2-4-14-12(3-1)16-7-5-15(6-8-16)11-9-13-10-11;;/h4-11,21-22H,12-19H2,1-3H3,(H,30,35);4-7,11H,8-9H2,1-3H3,(H,17,20)(H,18,19);1-4,11,13H,5-10H2;2*1H4/t21-;11-;;;/m11.../s1. The normalized spacial score (nSPS) is 17.0. The largest absolute Gasteiger partial charge is 0.481 e. The third kappa shape index (κ3) is 20.3. The van der Waals surface area contributed by atoms with Gasteiger partial charge in [0.15, 0.2) is 0 Å². The number of carboxylic acid groups (broad SMARTS) is 1. The number of nitrogens with zero attached hydrogens (tertiary/aromatic N) is 7. The van der Waals surface area contributed by atoms with Gasteiger partial charge < -0.3 is 45.2 Å². The molecule has 3 amide bonds. The number of ether oxygens (including phenoxy) is 2. The van der Waals surface area contributed by atoms with Crippen LogP contribution in [-0.2, 0) is 31.9 Å². The number of halogens is 2. The number of carbonyl (C=O) groups excluding carboxylic acids is 3. The van der Waals surface area contributed by atoms with Crippen LogP contribution in [0.5, 0.6) is 0 Å². The summed E-state index contributed by atoms with van der Waals surface area (Å²) >= 11 is 0. The molecule has 0 spiro atoms. The van der Waals surface area contributed by atoms with E-state index in [1.54, 1.807) is 77.9 Å². The van der Waals surface area contributed by atoms with Gasteiger partial charge in [-0.3, -0.25) is 19.4 Å². The minimum absolute atomic E-state index is 0. The number of amides is 3. The summed E-state index contributed by atoms with van der Waals surface area (Å²) in [7, 11) is 0. The quantitative estimate of drug-likeness (QED) is 0.0989. The van der Waals surface area contributed by atoms with Crippen molar-refractivity contribution in [3.63, 3.8) is 0 Å². The van der Waals surface area contributed by atoms with E-state index in [2.05, 4.69) is 57.7 Å². The molecule has 412 valence electrons. The molecule has 17 nitrogen and oxygen atoms in total. The number of hydrogen-bond donors (Lipinski definition) is 4. The highest BCUT2D eigenvalue weighted by atomic mass is 19.1. The molecule has 0 saturated carbocycles. The summed E-state index contributed by atoms with van der Waals surface area (Å²) in [5, 5.41) is 17.5. The lowest BCUT2D eigenvalue weighted by atomic mass is 10.00. The zero-order valence-electron chi connectivity index (χ0n) is 43.1. The number of hydrogen-bond acceptors (Lipinski definition) is 13. The molecule has 6 heterocycles. The Morgan fingerprint density at radius 3 is 1.37 bits per heavy atom. The Kier molecular flexibility index (Phi) is 23.6. The van der Waals surface area contributed by atoms with Crippen LogP contribution in [-0.4, -0.2) is 168 Å². The van der Waals surface area contributed by atoms with Crippen LogP contribution in [0.1, 0.15) is 80.4 Å². The number of pyridine rings is 2. The predicted molar refractivity (Wildman–Crippen MR) is 290 cm³/mol.